The van der Waals surface area contributed by atoms with Gasteiger partial charge in [0.2, 0.25) is 0 Å². The van der Waals surface area contributed by atoms with Gasteiger partial charge in [-0.25, -0.2) is 0 Å². The first-order chi connectivity index (χ1) is 20.1. The van der Waals surface area contributed by atoms with Crippen LogP contribution < -0.4 is 26.9 Å². The van der Waals surface area contributed by atoms with Gasteiger partial charge in [0.05, 0.1) is 0 Å². The van der Waals surface area contributed by atoms with Crippen molar-refractivity contribution in [3.05, 3.63) is 153 Å². The van der Waals surface area contributed by atoms with E-state index in [1.807, 2.05) is 0 Å². The van der Waals surface area contributed by atoms with Crippen LogP contribution in [0.1, 0.15) is 33.4 Å². The van der Waals surface area contributed by atoms with Crippen LogP contribution in [0.5, 0.6) is 0 Å². The van der Waals surface area contributed by atoms with E-state index < -0.39 is 25.1 Å². The molecular weight excluding hydrogens is 619 g/mol. The van der Waals surface area contributed by atoms with E-state index in [2.05, 4.69) is 161 Å². The number of hydrogen-bond acceptors (Lipinski definition) is 1. The average Bonchev–Trinajstić information content (AvgIpc) is 2.96. The van der Waals surface area contributed by atoms with Crippen molar-refractivity contribution in [2.24, 2.45) is 5.03 Å². The molecule has 0 aliphatic heterocycles. The Balaban J connectivity index is 2.03. The minimum atomic E-state index is -3.50. The van der Waals surface area contributed by atoms with Crippen LogP contribution in [0.3, 0.4) is 0 Å². The van der Waals surface area contributed by atoms with Crippen LogP contribution in [0.4, 0.5) is 0 Å². The summed E-state index contributed by atoms with van der Waals surface area (Å²) in [7, 11) is 0. The molecule has 5 aromatic carbocycles. The normalized spacial score (nSPS) is 11.7. The third kappa shape index (κ3) is 4.98. The van der Waals surface area contributed by atoms with Gasteiger partial charge < -0.3 is 0 Å². The minimum absolute atomic E-state index is 1.13. The van der Waals surface area contributed by atoms with Crippen LogP contribution in [0.2, 0.25) is 4.87 Å². The molecule has 5 aromatic rings. The van der Waals surface area contributed by atoms with E-state index in [0.29, 0.717) is 0 Å². The molecule has 210 valence electrons. The van der Waals surface area contributed by atoms with Gasteiger partial charge in [-0.3, -0.25) is 0 Å². The van der Waals surface area contributed by atoms with Crippen LogP contribution in [-0.4, -0.2) is 25.1 Å². The summed E-state index contributed by atoms with van der Waals surface area (Å²) in [6.07, 6.45) is -2.07. The Morgan fingerprint density at radius 3 is 1.36 bits per heavy atom. The Morgan fingerprint density at radius 1 is 0.571 bits per heavy atom. The SMILES string of the molecule is Cc1cc(C)c([B-](N=[N+]=[N-])(c2cccc[c]2[Sb+]([CH3])([c]2ccccc2)[c]2ccccc2)c2c(C)cc(C)cc2C)c(C)c1. The van der Waals surface area contributed by atoms with Crippen molar-refractivity contribution < 1.29 is 0 Å². The molecule has 0 radical (unpaired) electrons. The summed E-state index contributed by atoms with van der Waals surface area (Å²) in [4.78, 5) is 6.19. The van der Waals surface area contributed by atoms with Gasteiger partial charge in [-0.1, -0.05) is 0 Å². The molecule has 0 saturated carbocycles. The van der Waals surface area contributed by atoms with Crippen molar-refractivity contribution in [2.45, 2.75) is 46.4 Å². The first kappa shape index (κ1) is 29.8. The number of azide groups is 1. The Hall–Kier alpha value is -3.71. The predicted octanol–water partition coefficient (Wildman–Crippen LogP) is 5.91. The number of hydrogen-bond donors (Lipinski definition) is 0. The maximum atomic E-state index is 10.5. The summed E-state index contributed by atoms with van der Waals surface area (Å²) >= 11 is -3.50. The first-order valence-electron chi connectivity index (χ1n) is 14.6. The first-order valence-corrected chi connectivity index (χ1v) is 21.0. The Kier molecular flexibility index (Phi) is 8.42. The van der Waals surface area contributed by atoms with Gasteiger partial charge in [0.1, 0.15) is 0 Å². The number of nitrogens with zero attached hydrogens (tertiary/aromatic N) is 3. The Morgan fingerprint density at radius 2 is 0.952 bits per heavy atom. The summed E-state index contributed by atoms with van der Waals surface area (Å²) in [5, 5.41) is 5.01. The molecule has 0 atom stereocenters. The molecule has 5 heteroatoms. The molecule has 0 fully saturated rings. The van der Waals surface area contributed by atoms with Crippen molar-refractivity contribution in [1.82, 2.24) is 0 Å². The molecule has 0 bridgehead atoms. The van der Waals surface area contributed by atoms with Crippen molar-refractivity contribution in [2.75, 3.05) is 0 Å². The van der Waals surface area contributed by atoms with Crippen LogP contribution in [0, 0.1) is 41.5 Å². The molecule has 5 rings (SSSR count). The van der Waals surface area contributed by atoms with E-state index in [9.17, 15) is 5.53 Å². The zero-order chi connectivity index (χ0) is 30.1. The van der Waals surface area contributed by atoms with E-state index >= 15 is 0 Å². The fraction of sp³-hybridized carbons (Fsp3) is 0.189. The third-order valence-electron chi connectivity index (χ3n) is 8.95. The number of rotatable bonds is 7. The van der Waals surface area contributed by atoms with Gasteiger partial charge in [-0.15, -0.1) is 0 Å². The molecule has 0 unspecified atom stereocenters. The Bertz CT molecular complexity index is 1670. The van der Waals surface area contributed by atoms with Crippen LogP contribution in [-0.2, 0) is 0 Å². The second-order valence-electron chi connectivity index (χ2n) is 11.9. The Labute approximate surface area is 255 Å². The van der Waals surface area contributed by atoms with Crippen LogP contribution in [0.15, 0.2) is 114 Å². The fourth-order valence-electron chi connectivity index (χ4n) is 7.54. The van der Waals surface area contributed by atoms with Gasteiger partial charge in [-0.2, -0.15) is 0 Å². The van der Waals surface area contributed by atoms with Gasteiger partial charge in [0.15, 0.2) is 0 Å². The topological polar surface area (TPSA) is 48.8 Å². The quantitative estimate of drug-likeness (QED) is 0.0904. The van der Waals surface area contributed by atoms with Gasteiger partial charge in [-0.05, 0) is 0 Å². The summed E-state index contributed by atoms with van der Waals surface area (Å²) in [6, 6.07) is 39.8. The van der Waals surface area contributed by atoms with Crippen molar-refractivity contribution in [3.8, 4) is 0 Å². The zero-order valence-electron chi connectivity index (χ0n) is 25.8. The van der Waals surface area contributed by atoms with Gasteiger partial charge in [0, 0.05) is 0 Å². The van der Waals surface area contributed by atoms with E-state index in [0.717, 1.165) is 38.6 Å². The molecule has 0 aliphatic carbocycles. The molecule has 0 aromatic heterocycles. The molecule has 0 N–H and O–H groups in total. The summed E-state index contributed by atoms with van der Waals surface area (Å²) in [6.45, 7) is 13.0. The molecule has 0 amide bonds. The molecular formula is C37H39BN3Sb. The van der Waals surface area contributed by atoms with E-state index in [-0.39, 0.29) is 0 Å². The number of benzene rings is 5. The van der Waals surface area contributed by atoms with E-state index in [1.54, 1.807) is 0 Å². The fourth-order valence-corrected chi connectivity index (χ4v) is 17.7. The molecule has 0 aliphatic rings. The second kappa shape index (κ2) is 11.9. The summed E-state index contributed by atoms with van der Waals surface area (Å²) in [5.74, 6) is 0. The molecule has 0 saturated heterocycles. The van der Waals surface area contributed by atoms with Gasteiger partial charge in [0.25, 0.3) is 0 Å². The van der Waals surface area contributed by atoms with Crippen molar-refractivity contribution in [1.29, 1.82) is 0 Å². The van der Waals surface area contributed by atoms with Gasteiger partial charge >= 0.3 is 256 Å². The van der Waals surface area contributed by atoms with Crippen molar-refractivity contribution >= 4 is 52.0 Å². The number of aryl methyl sites for hydroxylation is 6. The summed E-state index contributed by atoms with van der Waals surface area (Å²) in [5.41, 5.74) is 20.9. The van der Waals surface area contributed by atoms with Crippen molar-refractivity contribution in [3.63, 3.8) is 0 Å². The predicted molar refractivity (Wildman–Crippen MR) is 185 cm³/mol. The van der Waals surface area contributed by atoms with Crippen LogP contribution >= 0.6 is 0 Å². The molecule has 0 heterocycles. The monoisotopic (exact) mass is 657 g/mol. The van der Waals surface area contributed by atoms with E-state index in [4.69, 9.17) is 5.03 Å². The van der Waals surface area contributed by atoms with Crippen LogP contribution in [0.25, 0.3) is 10.4 Å². The third-order valence-corrected chi connectivity index (χ3v) is 20.5. The average molecular weight is 658 g/mol. The molecule has 3 nitrogen and oxygen atoms in total. The molecule has 42 heavy (non-hydrogen) atoms. The van der Waals surface area contributed by atoms with E-state index in [1.165, 1.54) is 21.7 Å². The second-order valence-corrected chi connectivity index (χ2v) is 22.0. The standard InChI is InChI=1S/C24H26BN3.2C6H5.CH3.Sb/c1-16-12-18(3)23(19(4)13-16)25(27-28-26,22-10-8-7-9-11-22)24-20(5)14-17(2)15-21(24)6;2*1-2-4-6-5-3-1;;/h7-10,12-15H,1-6H3;2*1-5H;1H3;/q-1;;;;+1. The zero-order valence-corrected chi connectivity index (χ0v) is 28.3. The maximum absolute atomic E-state index is 10.5. The molecule has 0 spiro atoms. The summed E-state index contributed by atoms with van der Waals surface area (Å²) < 4.78 is 4.10.